The van der Waals surface area contributed by atoms with Crippen LogP contribution in [0.25, 0.3) is 0 Å². The topological polar surface area (TPSA) is 30.0 Å². The average molecular weight is 151 g/mol. The Kier molecular flexibility index (Phi) is 1.24. The molecular weight excluding hydrogens is 146 g/mol. The van der Waals surface area contributed by atoms with Crippen molar-refractivity contribution in [3.8, 4) is 0 Å². The first-order chi connectivity index (χ1) is 4.86. The summed E-state index contributed by atoms with van der Waals surface area (Å²) in [5, 5.41) is 0.225. The van der Waals surface area contributed by atoms with E-state index in [0.29, 0.717) is 6.42 Å². The smallest absolute Gasteiger partial charge is 0.198 e. The van der Waals surface area contributed by atoms with E-state index in [9.17, 15) is 4.79 Å². The molecule has 0 unspecified atom stereocenters. The molecule has 0 fully saturated rings. The van der Waals surface area contributed by atoms with E-state index in [1.807, 2.05) is 6.07 Å². The molecule has 3 heteroatoms. The van der Waals surface area contributed by atoms with E-state index in [1.165, 1.54) is 11.8 Å². The van der Waals surface area contributed by atoms with Crippen LogP contribution in [-0.2, 0) is 11.2 Å². The molecule has 0 radical (unpaired) electrons. The van der Waals surface area contributed by atoms with Gasteiger partial charge in [0.25, 0.3) is 0 Å². The second-order valence-corrected chi connectivity index (χ2v) is 3.23. The molecule has 1 aliphatic heterocycles. The summed E-state index contributed by atoms with van der Waals surface area (Å²) in [4.78, 5) is 15.8. The Bertz CT molecular complexity index is 258. The number of carbonyl (C=O) groups is 1. The van der Waals surface area contributed by atoms with E-state index in [2.05, 4.69) is 4.98 Å². The number of hydrogen-bond donors (Lipinski definition) is 0. The quantitative estimate of drug-likeness (QED) is 0.559. The number of fused-ring (bicyclic) bond motifs is 1. The zero-order valence-electron chi connectivity index (χ0n) is 5.20. The summed E-state index contributed by atoms with van der Waals surface area (Å²) in [5.41, 5.74) is 1.12. The normalized spacial score (nSPS) is 15.4. The number of pyridine rings is 1. The fourth-order valence-electron chi connectivity index (χ4n) is 0.961. The minimum atomic E-state index is 0.225. The molecule has 0 amide bonds. The van der Waals surface area contributed by atoms with Crippen LogP contribution in [0.15, 0.2) is 23.4 Å². The van der Waals surface area contributed by atoms with Crippen LogP contribution in [0.5, 0.6) is 0 Å². The van der Waals surface area contributed by atoms with Gasteiger partial charge in [-0.1, -0.05) is 0 Å². The molecule has 0 aromatic carbocycles. The zero-order chi connectivity index (χ0) is 6.97. The molecule has 0 atom stereocenters. The van der Waals surface area contributed by atoms with Gasteiger partial charge in [0.05, 0.1) is 0 Å². The summed E-state index contributed by atoms with van der Waals surface area (Å²) < 4.78 is 0. The van der Waals surface area contributed by atoms with Gasteiger partial charge in [0.15, 0.2) is 5.12 Å². The maximum atomic E-state index is 10.8. The fourth-order valence-corrected chi connectivity index (χ4v) is 1.82. The molecule has 50 valence electrons. The Hall–Kier alpha value is -0.830. The van der Waals surface area contributed by atoms with Gasteiger partial charge in [-0.05, 0) is 23.4 Å². The summed E-state index contributed by atoms with van der Waals surface area (Å²) in [6.07, 6.45) is 4.03. The zero-order valence-corrected chi connectivity index (χ0v) is 6.02. The van der Waals surface area contributed by atoms with Crippen molar-refractivity contribution in [2.45, 2.75) is 11.3 Å². The van der Waals surface area contributed by atoms with E-state index in [4.69, 9.17) is 0 Å². The highest BCUT2D eigenvalue weighted by Crippen LogP contribution is 2.30. The van der Waals surface area contributed by atoms with Gasteiger partial charge in [-0.25, -0.2) is 0 Å². The average Bonchev–Trinajstić information content (AvgIpc) is 2.27. The second kappa shape index (κ2) is 2.09. The van der Waals surface area contributed by atoms with Crippen LogP contribution in [0.1, 0.15) is 5.56 Å². The van der Waals surface area contributed by atoms with Crippen LogP contribution >= 0.6 is 11.8 Å². The van der Waals surface area contributed by atoms with Gasteiger partial charge in [0, 0.05) is 23.7 Å². The van der Waals surface area contributed by atoms with Gasteiger partial charge in [-0.15, -0.1) is 0 Å². The summed E-state index contributed by atoms with van der Waals surface area (Å²) in [7, 11) is 0. The van der Waals surface area contributed by atoms with Gasteiger partial charge in [0.2, 0.25) is 0 Å². The van der Waals surface area contributed by atoms with Gasteiger partial charge in [-0.3, -0.25) is 9.78 Å². The molecule has 1 aliphatic rings. The number of aromatic nitrogens is 1. The maximum Gasteiger partial charge on any atom is 0.198 e. The number of carbonyl (C=O) groups excluding carboxylic acids is 1. The summed E-state index contributed by atoms with van der Waals surface area (Å²) >= 11 is 1.29. The first kappa shape index (κ1) is 5.92. The highest BCUT2D eigenvalue weighted by Gasteiger charge is 2.18. The van der Waals surface area contributed by atoms with Crippen molar-refractivity contribution in [3.63, 3.8) is 0 Å². The molecule has 0 spiro atoms. The van der Waals surface area contributed by atoms with E-state index < -0.39 is 0 Å². The summed E-state index contributed by atoms with van der Waals surface area (Å²) in [5.74, 6) is 0. The van der Waals surface area contributed by atoms with Crippen molar-refractivity contribution in [3.05, 3.63) is 24.0 Å². The maximum absolute atomic E-state index is 10.8. The van der Waals surface area contributed by atoms with E-state index in [1.54, 1.807) is 12.4 Å². The fraction of sp³-hybridized carbons (Fsp3) is 0.143. The predicted molar refractivity (Wildman–Crippen MR) is 38.8 cm³/mol. The molecule has 1 aromatic rings. The monoisotopic (exact) mass is 151 g/mol. The van der Waals surface area contributed by atoms with Crippen LogP contribution in [0.4, 0.5) is 0 Å². The number of thioether (sulfide) groups is 1. The standard InChI is InChI=1S/C7H5NOS/c9-7-3-5-1-2-8-4-6(5)10-7/h1-2,4H,3H2. The van der Waals surface area contributed by atoms with Crippen LogP contribution in [0.2, 0.25) is 0 Å². The Balaban J connectivity index is 2.51. The van der Waals surface area contributed by atoms with Crippen LogP contribution in [-0.4, -0.2) is 10.1 Å². The molecule has 0 saturated carbocycles. The molecule has 1 aromatic heterocycles. The van der Waals surface area contributed by atoms with Crippen molar-refractivity contribution in [1.82, 2.24) is 4.98 Å². The predicted octanol–water partition coefficient (Wildman–Crippen LogP) is 1.26. The largest absolute Gasteiger partial charge is 0.286 e. The number of rotatable bonds is 0. The molecule has 0 saturated heterocycles. The highest BCUT2D eigenvalue weighted by molar-refractivity contribution is 8.14. The molecule has 2 rings (SSSR count). The van der Waals surface area contributed by atoms with E-state index in [-0.39, 0.29) is 5.12 Å². The molecule has 0 bridgehead atoms. The Morgan fingerprint density at radius 2 is 2.50 bits per heavy atom. The second-order valence-electron chi connectivity index (χ2n) is 2.13. The van der Waals surface area contributed by atoms with E-state index >= 15 is 0 Å². The molecular formula is C7H5NOS. The SMILES string of the molecule is O=C1Cc2ccncc2S1. The van der Waals surface area contributed by atoms with Gasteiger partial charge >= 0.3 is 0 Å². The van der Waals surface area contributed by atoms with Crippen molar-refractivity contribution < 1.29 is 4.79 Å². The highest BCUT2D eigenvalue weighted by atomic mass is 32.2. The Labute approximate surface area is 62.7 Å². The van der Waals surface area contributed by atoms with E-state index in [0.717, 1.165) is 10.5 Å². The molecule has 2 heterocycles. The molecule has 10 heavy (non-hydrogen) atoms. The lowest BCUT2D eigenvalue weighted by Gasteiger charge is -1.89. The van der Waals surface area contributed by atoms with Crippen LogP contribution < -0.4 is 0 Å². The van der Waals surface area contributed by atoms with Gasteiger partial charge < -0.3 is 0 Å². The van der Waals surface area contributed by atoms with Gasteiger partial charge in [-0.2, -0.15) is 0 Å². The molecule has 2 nitrogen and oxygen atoms in total. The number of nitrogens with zero attached hydrogens (tertiary/aromatic N) is 1. The summed E-state index contributed by atoms with van der Waals surface area (Å²) in [6, 6.07) is 1.90. The minimum absolute atomic E-state index is 0.225. The van der Waals surface area contributed by atoms with Crippen molar-refractivity contribution in [2.75, 3.05) is 0 Å². The van der Waals surface area contributed by atoms with Gasteiger partial charge in [0.1, 0.15) is 0 Å². The molecule has 0 aliphatic carbocycles. The van der Waals surface area contributed by atoms with Crippen molar-refractivity contribution in [2.24, 2.45) is 0 Å². The Morgan fingerprint density at radius 1 is 1.60 bits per heavy atom. The summed E-state index contributed by atoms with van der Waals surface area (Å²) in [6.45, 7) is 0. The third kappa shape index (κ3) is 0.827. The lowest BCUT2D eigenvalue weighted by Crippen LogP contribution is -1.85. The van der Waals surface area contributed by atoms with Crippen LogP contribution in [0, 0.1) is 0 Å². The third-order valence-corrected chi connectivity index (χ3v) is 2.39. The first-order valence-electron chi connectivity index (χ1n) is 3.00. The molecule has 0 N–H and O–H groups in total. The van der Waals surface area contributed by atoms with Crippen molar-refractivity contribution >= 4 is 16.9 Å². The Morgan fingerprint density at radius 3 is 3.30 bits per heavy atom. The number of hydrogen-bond acceptors (Lipinski definition) is 3. The lowest BCUT2D eigenvalue weighted by molar-refractivity contribution is -0.110. The van der Waals surface area contributed by atoms with Crippen LogP contribution in [0.3, 0.4) is 0 Å². The lowest BCUT2D eigenvalue weighted by atomic mass is 10.2. The van der Waals surface area contributed by atoms with Crippen molar-refractivity contribution in [1.29, 1.82) is 0 Å². The first-order valence-corrected chi connectivity index (χ1v) is 3.81. The third-order valence-electron chi connectivity index (χ3n) is 1.43. The minimum Gasteiger partial charge on any atom is -0.286 e.